The third-order valence-corrected chi connectivity index (χ3v) is 5.26. The van der Waals surface area contributed by atoms with Gasteiger partial charge < -0.3 is 14.5 Å². The molecule has 176 valence electrons. The Kier molecular flexibility index (Phi) is 6.47. The standard InChI is InChI=1S/C21H21F4N5O3/c1-13-2-7-17(33-13)16(29-8-10-32-11-9-29)12-26-20(31)18-19(21(23,24)25)30(28-27-18)15-5-3-14(22)4-6-15/h2-7,16H,8-12H2,1H3,(H,26,31). The highest BCUT2D eigenvalue weighted by atomic mass is 19.4. The highest BCUT2D eigenvalue weighted by Gasteiger charge is 2.42. The Morgan fingerprint density at radius 1 is 1.15 bits per heavy atom. The van der Waals surface area contributed by atoms with Crippen LogP contribution >= 0.6 is 0 Å². The van der Waals surface area contributed by atoms with Gasteiger partial charge in [0, 0.05) is 19.6 Å². The lowest BCUT2D eigenvalue weighted by Gasteiger charge is -2.33. The summed E-state index contributed by atoms with van der Waals surface area (Å²) in [7, 11) is 0. The highest BCUT2D eigenvalue weighted by Crippen LogP contribution is 2.33. The lowest BCUT2D eigenvalue weighted by Crippen LogP contribution is -2.44. The lowest BCUT2D eigenvalue weighted by molar-refractivity contribution is -0.143. The molecule has 0 radical (unpaired) electrons. The normalized spacial score (nSPS) is 16.0. The third kappa shape index (κ3) is 5.06. The van der Waals surface area contributed by atoms with Crippen LogP contribution in [0.3, 0.4) is 0 Å². The molecule has 0 saturated carbocycles. The van der Waals surface area contributed by atoms with E-state index < -0.39 is 35.3 Å². The van der Waals surface area contributed by atoms with E-state index >= 15 is 0 Å². The number of rotatable bonds is 6. The van der Waals surface area contributed by atoms with Crippen molar-refractivity contribution < 1.29 is 31.5 Å². The molecule has 33 heavy (non-hydrogen) atoms. The zero-order valence-electron chi connectivity index (χ0n) is 17.6. The topological polar surface area (TPSA) is 85.4 Å². The average Bonchev–Trinajstić information content (AvgIpc) is 3.42. The molecule has 8 nitrogen and oxygen atoms in total. The Bertz CT molecular complexity index is 1100. The predicted molar refractivity (Wildman–Crippen MR) is 107 cm³/mol. The number of nitrogens with one attached hydrogen (secondary N) is 1. The number of aryl methyl sites for hydroxylation is 1. The van der Waals surface area contributed by atoms with Gasteiger partial charge in [0.05, 0.1) is 24.9 Å². The molecular weight excluding hydrogens is 446 g/mol. The van der Waals surface area contributed by atoms with Gasteiger partial charge in [-0.1, -0.05) is 5.21 Å². The van der Waals surface area contributed by atoms with Gasteiger partial charge in [0.2, 0.25) is 0 Å². The fourth-order valence-electron chi connectivity index (χ4n) is 3.66. The predicted octanol–water partition coefficient (Wildman–Crippen LogP) is 3.13. The number of morpholine rings is 1. The number of hydrogen-bond donors (Lipinski definition) is 1. The maximum absolute atomic E-state index is 13.8. The van der Waals surface area contributed by atoms with Crippen LogP contribution in [-0.2, 0) is 10.9 Å². The molecule has 3 heterocycles. The van der Waals surface area contributed by atoms with Gasteiger partial charge in [0.25, 0.3) is 5.91 Å². The van der Waals surface area contributed by atoms with Crippen molar-refractivity contribution in [3.05, 3.63) is 65.1 Å². The van der Waals surface area contributed by atoms with Gasteiger partial charge in [0.1, 0.15) is 17.3 Å². The van der Waals surface area contributed by atoms with E-state index in [9.17, 15) is 22.4 Å². The van der Waals surface area contributed by atoms with Gasteiger partial charge in [-0.2, -0.15) is 13.2 Å². The van der Waals surface area contributed by atoms with Gasteiger partial charge in [-0.15, -0.1) is 5.10 Å². The number of halogens is 4. The summed E-state index contributed by atoms with van der Waals surface area (Å²) in [6.45, 7) is 3.92. The molecule has 1 unspecified atom stereocenters. The van der Waals surface area contributed by atoms with Crippen molar-refractivity contribution in [1.82, 2.24) is 25.2 Å². The molecule has 4 rings (SSSR count). The van der Waals surface area contributed by atoms with E-state index in [-0.39, 0.29) is 12.2 Å². The average molecular weight is 467 g/mol. The minimum absolute atomic E-state index is 0.00745. The van der Waals surface area contributed by atoms with Crippen LogP contribution in [0.2, 0.25) is 0 Å². The van der Waals surface area contributed by atoms with Gasteiger partial charge in [-0.05, 0) is 43.3 Å². The Morgan fingerprint density at radius 2 is 1.85 bits per heavy atom. The second-order valence-corrected chi connectivity index (χ2v) is 7.50. The largest absolute Gasteiger partial charge is 0.465 e. The number of alkyl halides is 3. The van der Waals surface area contributed by atoms with Crippen LogP contribution in [0, 0.1) is 12.7 Å². The SMILES string of the molecule is Cc1ccc(C(CNC(=O)c2nnn(-c3ccc(F)cc3)c2C(F)(F)F)N2CCOCC2)o1. The van der Waals surface area contributed by atoms with E-state index in [1.165, 1.54) is 0 Å². The summed E-state index contributed by atoms with van der Waals surface area (Å²) >= 11 is 0. The summed E-state index contributed by atoms with van der Waals surface area (Å²) in [6, 6.07) is 7.38. The number of hydrogen-bond acceptors (Lipinski definition) is 6. The molecule has 1 fully saturated rings. The molecule has 2 aromatic heterocycles. The molecule has 1 N–H and O–H groups in total. The Hall–Kier alpha value is -3.25. The summed E-state index contributed by atoms with van der Waals surface area (Å²) < 4.78 is 66.2. The summed E-state index contributed by atoms with van der Waals surface area (Å²) in [5.41, 5.74) is -2.29. The number of carbonyl (C=O) groups excluding carboxylic acids is 1. The minimum atomic E-state index is -4.92. The first-order chi connectivity index (χ1) is 15.7. The van der Waals surface area contributed by atoms with Crippen molar-refractivity contribution >= 4 is 5.91 Å². The fraction of sp³-hybridized carbons (Fsp3) is 0.381. The molecule has 1 atom stereocenters. The smallest absolute Gasteiger partial charge is 0.435 e. The molecule has 1 aliphatic rings. The molecule has 12 heteroatoms. The van der Waals surface area contributed by atoms with E-state index in [2.05, 4.69) is 15.6 Å². The number of aromatic nitrogens is 3. The molecule has 3 aromatic rings. The van der Waals surface area contributed by atoms with Gasteiger partial charge in [-0.3, -0.25) is 9.69 Å². The van der Waals surface area contributed by atoms with E-state index in [4.69, 9.17) is 9.15 Å². The molecule has 0 aliphatic carbocycles. The summed E-state index contributed by atoms with van der Waals surface area (Å²) in [6.07, 6.45) is -4.92. The van der Waals surface area contributed by atoms with Gasteiger partial charge in [-0.25, -0.2) is 9.07 Å². The Balaban J connectivity index is 1.58. The number of carbonyl (C=O) groups is 1. The fourth-order valence-corrected chi connectivity index (χ4v) is 3.66. The first-order valence-electron chi connectivity index (χ1n) is 10.2. The number of benzene rings is 1. The van der Waals surface area contributed by atoms with Crippen LogP contribution in [0.5, 0.6) is 0 Å². The van der Waals surface area contributed by atoms with Crippen molar-refractivity contribution in [2.24, 2.45) is 0 Å². The van der Waals surface area contributed by atoms with E-state index in [1.54, 1.807) is 19.1 Å². The molecule has 1 amide bonds. The maximum atomic E-state index is 13.8. The van der Waals surface area contributed by atoms with Crippen molar-refractivity contribution in [3.63, 3.8) is 0 Å². The summed E-state index contributed by atoms with van der Waals surface area (Å²) in [4.78, 5) is 14.8. The van der Waals surface area contributed by atoms with Gasteiger partial charge in [0.15, 0.2) is 11.4 Å². The Labute approximate surface area is 186 Å². The minimum Gasteiger partial charge on any atom is -0.465 e. The maximum Gasteiger partial charge on any atom is 0.435 e. The molecule has 0 spiro atoms. The molecule has 0 bridgehead atoms. The van der Waals surface area contributed by atoms with E-state index in [1.807, 2.05) is 4.90 Å². The molecular formula is C21H21F4N5O3. The number of ether oxygens (including phenoxy) is 1. The third-order valence-electron chi connectivity index (χ3n) is 5.26. The second-order valence-electron chi connectivity index (χ2n) is 7.50. The first kappa shape index (κ1) is 22.9. The molecule has 1 aliphatic heterocycles. The van der Waals surface area contributed by atoms with Crippen LogP contribution in [0.25, 0.3) is 5.69 Å². The second kappa shape index (κ2) is 9.32. The van der Waals surface area contributed by atoms with Gasteiger partial charge >= 0.3 is 6.18 Å². The zero-order chi connectivity index (χ0) is 23.6. The molecule has 1 saturated heterocycles. The number of furan rings is 1. The van der Waals surface area contributed by atoms with Crippen LogP contribution in [0.1, 0.15) is 33.7 Å². The van der Waals surface area contributed by atoms with E-state index in [0.29, 0.717) is 42.5 Å². The monoisotopic (exact) mass is 467 g/mol. The highest BCUT2D eigenvalue weighted by molar-refractivity contribution is 5.93. The van der Waals surface area contributed by atoms with E-state index in [0.717, 1.165) is 24.3 Å². The number of nitrogens with zero attached hydrogens (tertiary/aromatic N) is 4. The van der Waals surface area contributed by atoms with Crippen LogP contribution in [0.4, 0.5) is 17.6 Å². The Morgan fingerprint density at radius 3 is 2.45 bits per heavy atom. The van der Waals surface area contributed by atoms with Crippen molar-refractivity contribution in [3.8, 4) is 5.69 Å². The summed E-state index contributed by atoms with van der Waals surface area (Å²) in [5, 5.41) is 9.51. The molecule has 1 aromatic carbocycles. The quantitative estimate of drug-likeness (QED) is 0.561. The lowest BCUT2D eigenvalue weighted by atomic mass is 10.1. The van der Waals surface area contributed by atoms with Crippen LogP contribution in [0.15, 0.2) is 40.8 Å². The van der Waals surface area contributed by atoms with Crippen LogP contribution in [-0.4, -0.2) is 58.6 Å². The van der Waals surface area contributed by atoms with Crippen molar-refractivity contribution in [2.45, 2.75) is 19.1 Å². The van der Waals surface area contributed by atoms with Crippen molar-refractivity contribution in [2.75, 3.05) is 32.8 Å². The zero-order valence-corrected chi connectivity index (χ0v) is 17.6. The number of amides is 1. The summed E-state index contributed by atoms with van der Waals surface area (Å²) in [5.74, 6) is -0.387. The van der Waals surface area contributed by atoms with Crippen LogP contribution < -0.4 is 5.32 Å². The first-order valence-corrected chi connectivity index (χ1v) is 10.2. The van der Waals surface area contributed by atoms with Crippen molar-refractivity contribution in [1.29, 1.82) is 0 Å².